The van der Waals surface area contributed by atoms with Gasteiger partial charge in [0.25, 0.3) is 5.69 Å². The van der Waals surface area contributed by atoms with E-state index in [9.17, 15) is 10.1 Å². The first-order chi connectivity index (χ1) is 14.0. The Kier molecular flexibility index (Phi) is 9.15. The second-order valence-corrected chi connectivity index (χ2v) is 6.35. The van der Waals surface area contributed by atoms with Crippen LogP contribution in [0.4, 0.5) is 17.6 Å². The summed E-state index contributed by atoms with van der Waals surface area (Å²) in [5.41, 5.74) is 5.85. The van der Waals surface area contributed by atoms with Gasteiger partial charge in [0.2, 0.25) is 11.9 Å². The van der Waals surface area contributed by atoms with Gasteiger partial charge in [0, 0.05) is 36.8 Å². The van der Waals surface area contributed by atoms with Gasteiger partial charge in [0.15, 0.2) is 5.82 Å². The number of nitro groups is 1. The van der Waals surface area contributed by atoms with E-state index in [-0.39, 0.29) is 11.7 Å². The molecule has 0 fully saturated rings. The molecule has 1 aromatic heterocycles. The van der Waals surface area contributed by atoms with Gasteiger partial charge in [-0.15, -0.1) is 0 Å². The van der Waals surface area contributed by atoms with E-state index in [1.54, 1.807) is 12.1 Å². The number of hydrogen-bond donors (Lipinski definition) is 3. The van der Waals surface area contributed by atoms with E-state index in [4.69, 9.17) is 15.2 Å². The van der Waals surface area contributed by atoms with Crippen LogP contribution in [0.1, 0.15) is 13.8 Å². The topological polar surface area (TPSA) is 150 Å². The van der Waals surface area contributed by atoms with E-state index in [0.29, 0.717) is 62.8 Å². The Hall–Kier alpha value is -2.89. The van der Waals surface area contributed by atoms with Crippen molar-refractivity contribution in [1.29, 1.82) is 0 Å². The van der Waals surface area contributed by atoms with E-state index < -0.39 is 4.92 Å². The fourth-order valence-corrected chi connectivity index (χ4v) is 2.31. The van der Waals surface area contributed by atoms with Crippen molar-refractivity contribution in [3.8, 4) is 11.4 Å². The molecule has 0 aliphatic rings. The molecule has 0 atom stereocenters. The third-order valence-corrected chi connectivity index (χ3v) is 3.53. The van der Waals surface area contributed by atoms with Crippen LogP contribution in [0.2, 0.25) is 0 Å². The number of benzene rings is 1. The largest absolute Gasteiger partial charge is 0.378 e. The van der Waals surface area contributed by atoms with Gasteiger partial charge in [-0.1, -0.05) is 12.1 Å². The summed E-state index contributed by atoms with van der Waals surface area (Å²) in [6, 6.07) is 6.28. The maximum atomic E-state index is 11.0. The zero-order valence-electron chi connectivity index (χ0n) is 16.6. The van der Waals surface area contributed by atoms with Crippen molar-refractivity contribution in [2.45, 2.75) is 19.9 Å². The van der Waals surface area contributed by atoms with Crippen molar-refractivity contribution < 1.29 is 14.4 Å². The molecule has 1 aromatic carbocycles. The van der Waals surface area contributed by atoms with Crippen LogP contribution in [0.25, 0.3) is 11.4 Å². The van der Waals surface area contributed by atoms with E-state index >= 15 is 0 Å². The number of rotatable bonds is 13. The van der Waals surface area contributed by atoms with Crippen molar-refractivity contribution in [2.75, 3.05) is 50.2 Å². The molecule has 1 heterocycles. The fraction of sp³-hybridized carbons (Fsp3) is 0.500. The number of ether oxygens (including phenoxy) is 2. The molecule has 0 aliphatic heterocycles. The third-order valence-electron chi connectivity index (χ3n) is 3.53. The molecule has 0 unspecified atom stereocenters. The molecule has 0 aliphatic carbocycles. The number of anilines is 2. The molecule has 0 amide bonds. The molecular formula is C18H27N7O4. The van der Waals surface area contributed by atoms with Gasteiger partial charge >= 0.3 is 0 Å². The second-order valence-electron chi connectivity index (χ2n) is 6.35. The molecule has 158 valence electrons. The quantitative estimate of drug-likeness (QED) is 0.255. The summed E-state index contributed by atoms with van der Waals surface area (Å²) in [4.78, 5) is 23.7. The predicted molar refractivity (Wildman–Crippen MR) is 110 cm³/mol. The summed E-state index contributed by atoms with van der Waals surface area (Å²) >= 11 is 0. The first kappa shape index (κ1) is 22.4. The van der Waals surface area contributed by atoms with Crippen molar-refractivity contribution in [1.82, 2.24) is 15.0 Å². The Bertz CT molecular complexity index is 789. The summed E-state index contributed by atoms with van der Waals surface area (Å²) in [7, 11) is 0. The lowest BCUT2D eigenvalue weighted by Crippen LogP contribution is -2.18. The Labute approximate surface area is 169 Å². The van der Waals surface area contributed by atoms with E-state index in [1.807, 2.05) is 13.8 Å². The van der Waals surface area contributed by atoms with Crippen LogP contribution in [-0.2, 0) is 9.47 Å². The number of nitrogens with two attached hydrogens (primary N) is 1. The SMILES string of the molecule is CC(C)Nc1nc(NCCOCCOCCN)nc(-c2cccc([N+](=O)[O-])c2)n1. The first-order valence-corrected chi connectivity index (χ1v) is 9.36. The molecule has 0 saturated heterocycles. The summed E-state index contributed by atoms with van der Waals surface area (Å²) in [6.07, 6.45) is 0. The second kappa shape index (κ2) is 11.8. The Morgan fingerprint density at radius 3 is 2.52 bits per heavy atom. The fourth-order valence-electron chi connectivity index (χ4n) is 2.31. The molecule has 0 radical (unpaired) electrons. The smallest absolute Gasteiger partial charge is 0.270 e. The van der Waals surface area contributed by atoms with Crippen LogP contribution in [0.15, 0.2) is 24.3 Å². The van der Waals surface area contributed by atoms with Gasteiger partial charge in [-0.3, -0.25) is 10.1 Å². The molecule has 11 nitrogen and oxygen atoms in total. The summed E-state index contributed by atoms with van der Waals surface area (Å²) in [5.74, 6) is 1.08. The average molecular weight is 405 g/mol. The third kappa shape index (κ3) is 7.94. The molecule has 29 heavy (non-hydrogen) atoms. The summed E-state index contributed by atoms with van der Waals surface area (Å²) < 4.78 is 10.7. The average Bonchev–Trinajstić information content (AvgIpc) is 2.69. The number of nitrogens with one attached hydrogen (secondary N) is 2. The minimum absolute atomic E-state index is 0.0268. The van der Waals surface area contributed by atoms with Crippen molar-refractivity contribution in [2.24, 2.45) is 5.73 Å². The Balaban J connectivity index is 2.05. The Morgan fingerprint density at radius 1 is 1.10 bits per heavy atom. The van der Waals surface area contributed by atoms with Crippen LogP contribution in [-0.4, -0.2) is 65.4 Å². The van der Waals surface area contributed by atoms with Crippen LogP contribution < -0.4 is 16.4 Å². The van der Waals surface area contributed by atoms with E-state index in [2.05, 4.69) is 25.6 Å². The molecule has 0 saturated carbocycles. The zero-order valence-corrected chi connectivity index (χ0v) is 16.6. The van der Waals surface area contributed by atoms with Crippen LogP contribution >= 0.6 is 0 Å². The molecule has 0 spiro atoms. The van der Waals surface area contributed by atoms with Gasteiger partial charge in [0.05, 0.1) is 31.4 Å². The minimum atomic E-state index is -0.453. The highest BCUT2D eigenvalue weighted by molar-refractivity contribution is 5.61. The van der Waals surface area contributed by atoms with Crippen LogP contribution in [0.5, 0.6) is 0 Å². The van der Waals surface area contributed by atoms with Gasteiger partial charge in [-0.25, -0.2) is 0 Å². The number of nitrogens with zero attached hydrogens (tertiary/aromatic N) is 4. The molecule has 0 bridgehead atoms. The lowest BCUT2D eigenvalue weighted by molar-refractivity contribution is -0.384. The first-order valence-electron chi connectivity index (χ1n) is 9.36. The number of nitro benzene ring substituents is 1. The molecule has 11 heteroatoms. The highest BCUT2D eigenvalue weighted by Gasteiger charge is 2.13. The van der Waals surface area contributed by atoms with Gasteiger partial charge in [0.1, 0.15) is 0 Å². The number of non-ortho nitro benzene ring substituents is 1. The van der Waals surface area contributed by atoms with Gasteiger partial charge < -0.3 is 25.8 Å². The maximum absolute atomic E-state index is 11.0. The van der Waals surface area contributed by atoms with E-state index in [1.165, 1.54) is 12.1 Å². The predicted octanol–water partition coefficient (Wildman–Crippen LogP) is 1.67. The number of aromatic nitrogens is 3. The monoisotopic (exact) mass is 405 g/mol. The highest BCUT2D eigenvalue weighted by atomic mass is 16.6. The van der Waals surface area contributed by atoms with Gasteiger partial charge in [-0.2, -0.15) is 15.0 Å². The standard InChI is InChI=1S/C18H27N7O4/c1-13(2)21-18-23-16(14-4-3-5-15(12-14)25(26)27)22-17(24-18)20-7-9-29-11-10-28-8-6-19/h3-5,12-13H,6-11,19H2,1-2H3,(H2,20,21,22,23,24). The van der Waals surface area contributed by atoms with Crippen LogP contribution in [0.3, 0.4) is 0 Å². The number of hydrogen-bond acceptors (Lipinski definition) is 10. The normalized spacial score (nSPS) is 10.9. The van der Waals surface area contributed by atoms with Gasteiger partial charge in [-0.05, 0) is 13.8 Å². The summed E-state index contributed by atoms with van der Waals surface area (Å²) in [6.45, 7) is 6.81. The van der Waals surface area contributed by atoms with E-state index in [0.717, 1.165) is 0 Å². The highest BCUT2D eigenvalue weighted by Crippen LogP contribution is 2.22. The molecular weight excluding hydrogens is 378 g/mol. The zero-order chi connectivity index (χ0) is 21.1. The molecule has 4 N–H and O–H groups in total. The minimum Gasteiger partial charge on any atom is -0.378 e. The van der Waals surface area contributed by atoms with Crippen LogP contribution in [0, 0.1) is 10.1 Å². The van der Waals surface area contributed by atoms with Crippen molar-refractivity contribution >= 4 is 17.6 Å². The summed E-state index contributed by atoms with van der Waals surface area (Å²) in [5, 5.41) is 17.3. The van der Waals surface area contributed by atoms with Crippen molar-refractivity contribution in [3.63, 3.8) is 0 Å². The molecule has 2 rings (SSSR count). The Morgan fingerprint density at radius 2 is 1.83 bits per heavy atom. The maximum Gasteiger partial charge on any atom is 0.270 e. The lowest BCUT2D eigenvalue weighted by atomic mass is 10.2. The lowest BCUT2D eigenvalue weighted by Gasteiger charge is -2.12. The molecule has 2 aromatic rings. The van der Waals surface area contributed by atoms with Crippen molar-refractivity contribution in [3.05, 3.63) is 34.4 Å².